The smallest absolute Gasteiger partial charge is 0.312 e. The number of ether oxygens (including phenoxy) is 2. The van der Waals surface area contributed by atoms with Crippen LogP contribution in [0.3, 0.4) is 0 Å². The van der Waals surface area contributed by atoms with Gasteiger partial charge in [0.25, 0.3) is 15.9 Å². The number of nitrogens with one attached hydrogen (secondary N) is 2. The van der Waals surface area contributed by atoms with Crippen LogP contribution < -0.4 is 14.4 Å². The van der Waals surface area contributed by atoms with Crippen LogP contribution in [-0.2, 0) is 14.8 Å². The molecule has 0 bridgehead atoms. The first-order chi connectivity index (χ1) is 32.6. The number of pyridine rings is 1. The van der Waals surface area contributed by atoms with Crippen molar-refractivity contribution >= 4 is 66.5 Å². The lowest BCUT2D eigenvalue weighted by molar-refractivity contribution is -0.386. The molecule has 68 heavy (non-hydrogen) atoms. The van der Waals surface area contributed by atoms with Crippen LogP contribution in [0.2, 0.25) is 5.02 Å². The van der Waals surface area contributed by atoms with E-state index >= 15 is 4.39 Å². The molecule has 3 aliphatic heterocycles. The van der Waals surface area contributed by atoms with Gasteiger partial charge in [-0.2, -0.15) is 0 Å². The Kier molecular flexibility index (Phi) is 12.3. The third kappa shape index (κ3) is 9.44. The molecule has 356 valence electrons. The van der Waals surface area contributed by atoms with Gasteiger partial charge in [0.15, 0.2) is 11.4 Å². The number of rotatable bonds is 13. The second-order valence-electron chi connectivity index (χ2n) is 19.2. The molecule has 0 atom stereocenters. The maximum absolute atomic E-state index is 15.8. The number of aromatic amines is 1. The van der Waals surface area contributed by atoms with Gasteiger partial charge in [0.2, 0.25) is 0 Å². The highest BCUT2D eigenvalue weighted by molar-refractivity contribution is 7.90. The van der Waals surface area contributed by atoms with Crippen LogP contribution >= 0.6 is 11.6 Å². The van der Waals surface area contributed by atoms with Crippen molar-refractivity contribution in [3.8, 4) is 11.4 Å². The minimum absolute atomic E-state index is 0.0194. The van der Waals surface area contributed by atoms with Crippen LogP contribution in [0.25, 0.3) is 33.3 Å². The molecule has 6 aromatic rings. The van der Waals surface area contributed by atoms with E-state index in [2.05, 4.69) is 60.5 Å². The lowest BCUT2D eigenvalue weighted by atomic mass is 9.72. The van der Waals surface area contributed by atoms with E-state index in [9.17, 15) is 23.3 Å². The van der Waals surface area contributed by atoms with Gasteiger partial charge in [-0.3, -0.25) is 34.5 Å². The second kappa shape index (κ2) is 18.2. The summed E-state index contributed by atoms with van der Waals surface area (Å²) in [6, 6.07) is 20.4. The fourth-order valence-corrected chi connectivity index (χ4v) is 11.0. The van der Waals surface area contributed by atoms with Crippen molar-refractivity contribution in [1.82, 2.24) is 34.3 Å². The first-order valence-corrected chi connectivity index (χ1v) is 24.9. The van der Waals surface area contributed by atoms with Crippen molar-refractivity contribution < 1.29 is 32.0 Å². The Labute approximate surface area is 398 Å². The number of hydrogen-bond acceptors (Lipinski definition) is 12. The van der Waals surface area contributed by atoms with E-state index < -0.39 is 43.7 Å². The van der Waals surface area contributed by atoms with E-state index in [0.717, 1.165) is 73.2 Å². The molecule has 0 unspecified atom stereocenters. The van der Waals surface area contributed by atoms with E-state index in [0.29, 0.717) is 61.8 Å². The lowest BCUT2D eigenvalue weighted by Gasteiger charge is -2.43. The van der Waals surface area contributed by atoms with E-state index in [4.69, 9.17) is 21.1 Å². The molecule has 0 radical (unpaired) electrons. The Bertz CT molecular complexity index is 3050. The number of nitro groups is 1. The molecule has 10 rings (SSSR count). The average molecular weight is 967 g/mol. The first-order valence-electron chi connectivity index (χ1n) is 23.0. The molecular weight excluding hydrogens is 913 g/mol. The van der Waals surface area contributed by atoms with Gasteiger partial charge < -0.3 is 14.4 Å². The van der Waals surface area contributed by atoms with E-state index in [1.54, 1.807) is 29.2 Å². The van der Waals surface area contributed by atoms with Crippen LogP contribution in [0.4, 0.5) is 15.8 Å². The van der Waals surface area contributed by atoms with Gasteiger partial charge in [0.05, 0.1) is 45.8 Å². The molecule has 2 N–H and O–H groups in total. The summed E-state index contributed by atoms with van der Waals surface area (Å²) in [6.07, 6.45) is 6.87. The zero-order chi connectivity index (χ0) is 47.4. The van der Waals surface area contributed by atoms with Gasteiger partial charge in [0.1, 0.15) is 17.8 Å². The summed E-state index contributed by atoms with van der Waals surface area (Å²) in [5.41, 5.74) is 4.88. The van der Waals surface area contributed by atoms with Gasteiger partial charge in [-0.1, -0.05) is 43.2 Å². The number of sulfonamides is 1. The molecule has 3 aromatic carbocycles. The maximum atomic E-state index is 15.8. The van der Waals surface area contributed by atoms with Crippen LogP contribution in [0.1, 0.15) is 61.9 Å². The number of fused-ring (bicyclic) bond motifs is 2. The monoisotopic (exact) mass is 965 g/mol. The number of anilines is 1. The SMILES string of the molecule is CC1(C)CCC(CN2CCN(c3ccc(C(=O)NS(=O)(=O)c4ccc(OCC5(F)CCN(C6COC6)CC5)c([N+](=O)[O-])c4)c(-n4[nH]cc5nc6nccc6cc54)c3)CC2)=C(c2ccc(Cl)cc2)C1. The van der Waals surface area contributed by atoms with Gasteiger partial charge >= 0.3 is 5.69 Å². The van der Waals surface area contributed by atoms with Crippen LogP contribution in [0, 0.1) is 15.5 Å². The third-order valence-corrected chi connectivity index (χ3v) is 15.6. The van der Waals surface area contributed by atoms with Gasteiger partial charge in [-0.25, -0.2) is 27.5 Å². The largest absolute Gasteiger partial charge is 0.483 e. The summed E-state index contributed by atoms with van der Waals surface area (Å²) >= 11 is 6.26. The Morgan fingerprint density at radius 3 is 2.49 bits per heavy atom. The number of carbonyl (C=O) groups is 1. The molecule has 19 heteroatoms. The summed E-state index contributed by atoms with van der Waals surface area (Å²) < 4.78 is 58.4. The number of benzene rings is 3. The Morgan fingerprint density at radius 1 is 1.00 bits per heavy atom. The van der Waals surface area contributed by atoms with Crippen molar-refractivity contribution in [2.45, 2.75) is 62.6 Å². The molecule has 3 saturated heterocycles. The van der Waals surface area contributed by atoms with Crippen molar-refractivity contribution in [3.63, 3.8) is 0 Å². The quantitative estimate of drug-likeness (QED) is 0.0844. The summed E-state index contributed by atoms with van der Waals surface area (Å²) in [7, 11) is -4.68. The van der Waals surface area contributed by atoms with Crippen molar-refractivity contribution in [1.29, 1.82) is 0 Å². The summed E-state index contributed by atoms with van der Waals surface area (Å²) in [5.74, 6) is -1.24. The Balaban J connectivity index is 0.885. The summed E-state index contributed by atoms with van der Waals surface area (Å²) in [6.45, 7) is 10.4. The van der Waals surface area contributed by atoms with E-state index in [1.165, 1.54) is 16.7 Å². The number of piperazine rings is 1. The number of aromatic nitrogens is 4. The highest BCUT2D eigenvalue weighted by Gasteiger charge is 2.40. The molecule has 0 spiro atoms. The van der Waals surface area contributed by atoms with Gasteiger partial charge in [-0.15, -0.1) is 0 Å². The summed E-state index contributed by atoms with van der Waals surface area (Å²) in [5, 5.41) is 17.0. The van der Waals surface area contributed by atoms with Crippen molar-refractivity contribution in [2.75, 3.05) is 70.5 Å². The number of halogens is 2. The van der Waals surface area contributed by atoms with Gasteiger partial charge in [0, 0.05) is 80.4 Å². The number of piperidine rings is 1. The minimum Gasteiger partial charge on any atom is -0.483 e. The number of amides is 1. The van der Waals surface area contributed by atoms with Gasteiger partial charge in [-0.05, 0) is 103 Å². The molecule has 3 fully saturated rings. The molecule has 0 saturated carbocycles. The van der Waals surface area contributed by atoms with Crippen LogP contribution in [-0.4, -0.2) is 126 Å². The fourth-order valence-electron chi connectivity index (χ4n) is 9.85. The number of H-pyrrole nitrogens is 1. The first kappa shape index (κ1) is 45.8. The number of alkyl halides is 1. The van der Waals surface area contributed by atoms with Crippen molar-refractivity contribution in [3.05, 3.63) is 117 Å². The number of likely N-dealkylation sites (tertiary alicyclic amines) is 1. The van der Waals surface area contributed by atoms with Crippen molar-refractivity contribution in [2.24, 2.45) is 5.41 Å². The number of nitro benzene ring substituents is 1. The zero-order valence-corrected chi connectivity index (χ0v) is 39.5. The second-order valence-corrected chi connectivity index (χ2v) is 21.4. The molecule has 1 amide bonds. The highest BCUT2D eigenvalue weighted by Crippen LogP contribution is 2.44. The number of nitrogens with zero attached hydrogens (tertiary/aromatic N) is 7. The number of hydrogen-bond donors (Lipinski definition) is 2. The standard InChI is InChI=1S/C49H53ClFN9O7S/c1-48(2)13-11-34(40(26-48)32-3-5-35(50)6-4-32)28-56-19-21-58(22-20-56)36-7-9-39(42(24-36)59-43-23-33-12-16-52-46(33)54-41(43)27-53-59)47(61)55-68(64,65)38-8-10-45(44(25-38)60(62)63)67-31-49(51)14-17-57(18-15-49)37-29-66-30-37/h3-10,12,16,23-25,27,37,53H,11,13-15,17-22,26,28-31H2,1-2H3,(H,55,61). The zero-order valence-electron chi connectivity index (χ0n) is 37.9. The summed E-state index contributed by atoms with van der Waals surface area (Å²) in [4.78, 5) is 41.1. The molecule has 4 aliphatic rings. The molecule has 16 nitrogen and oxygen atoms in total. The molecular formula is C49H53ClFN9O7S. The third-order valence-electron chi connectivity index (χ3n) is 14.0. The normalized spacial score (nSPS) is 19.3. The van der Waals surface area contributed by atoms with Crippen LogP contribution in [0.5, 0.6) is 5.75 Å². The lowest BCUT2D eigenvalue weighted by Crippen LogP contribution is -2.55. The predicted molar refractivity (Wildman–Crippen MR) is 258 cm³/mol. The number of allylic oxidation sites excluding steroid dienone is 1. The predicted octanol–water partition coefficient (Wildman–Crippen LogP) is 7.95. The topological polar surface area (TPSA) is 181 Å². The minimum atomic E-state index is -4.68. The fraction of sp³-hybridized carbons (Fsp3) is 0.408. The average Bonchev–Trinajstić information content (AvgIpc) is 3.95. The van der Waals surface area contributed by atoms with Crippen LogP contribution in [0.15, 0.2) is 95.7 Å². The Hall–Kier alpha value is -5.92. The number of carbonyl (C=O) groups excluding carboxylic acids is 1. The van der Waals surface area contributed by atoms with E-state index in [1.807, 2.05) is 30.3 Å². The molecule has 6 heterocycles. The maximum Gasteiger partial charge on any atom is 0.312 e. The highest BCUT2D eigenvalue weighted by atomic mass is 35.5. The Morgan fingerprint density at radius 2 is 1.76 bits per heavy atom. The molecule has 1 aliphatic carbocycles. The van der Waals surface area contributed by atoms with E-state index in [-0.39, 0.29) is 35.6 Å². The molecule has 3 aromatic heterocycles.